The third-order valence-electron chi connectivity index (χ3n) is 8.87. The zero-order chi connectivity index (χ0) is 34.0. The molecule has 254 valence electrons. The monoisotopic (exact) mass is 740 g/mol. The van der Waals surface area contributed by atoms with Crippen molar-refractivity contribution in [3.8, 4) is 33.4 Å². The largest absolute Gasteiger partial charge is 0.490 e. The second-order valence-corrected chi connectivity index (χ2v) is 15.6. The molecule has 7 nitrogen and oxygen atoms in total. The summed E-state index contributed by atoms with van der Waals surface area (Å²) in [6.07, 6.45) is 1.94. The van der Waals surface area contributed by atoms with E-state index in [1.165, 1.54) is 0 Å². The van der Waals surface area contributed by atoms with Gasteiger partial charge in [-0.1, -0.05) is 58.4 Å². The summed E-state index contributed by atoms with van der Waals surface area (Å²) >= 11 is 5.27. The van der Waals surface area contributed by atoms with Crippen LogP contribution in [-0.2, 0) is 11.3 Å². The summed E-state index contributed by atoms with van der Waals surface area (Å²) in [4.78, 5) is 17.8. The normalized spacial score (nSPS) is 18.2. The fourth-order valence-electron chi connectivity index (χ4n) is 6.20. The number of piperazine rings is 1. The van der Waals surface area contributed by atoms with Crippen LogP contribution in [-0.4, -0.2) is 59.8 Å². The highest BCUT2D eigenvalue weighted by atomic mass is 79.9. The molecule has 0 unspecified atom stereocenters. The van der Waals surface area contributed by atoms with Gasteiger partial charge in [0.2, 0.25) is 0 Å². The number of carbonyl (C=O) groups is 1. The van der Waals surface area contributed by atoms with Crippen molar-refractivity contribution in [2.24, 2.45) is 0 Å². The van der Waals surface area contributed by atoms with Gasteiger partial charge in [-0.3, -0.25) is 4.90 Å². The summed E-state index contributed by atoms with van der Waals surface area (Å²) in [5, 5.41) is 1.04. The maximum absolute atomic E-state index is 12.4. The Balaban J connectivity index is 0.978. The highest BCUT2D eigenvalue weighted by Crippen LogP contribution is 2.47. The van der Waals surface area contributed by atoms with E-state index in [0.29, 0.717) is 25.7 Å². The minimum absolute atomic E-state index is 0.184. The van der Waals surface area contributed by atoms with Crippen LogP contribution in [0.4, 0.5) is 4.79 Å². The summed E-state index contributed by atoms with van der Waals surface area (Å²) in [6.45, 7) is 9.36. The zero-order valence-corrected chi connectivity index (χ0v) is 30.5. The van der Waals surface area contributed by atoms with E-state index in [2.05, 4.69) is 69.4 Å². The van der Waals surface area contributed by atoms with Crippen molar-refractivity contribution in [2.75, 3.05) is 26.2 Å². The van der Waals surface area contributed by atoms with Gasteiger partial charge in [0, 0.05) is 59.6 Å². The van der Waals surface area contributed by atoms with Crippen LogP contribution in [0.5, 0.6) is 23.0 Å². The first kappa shape index (κ1) is 33.4. The van der Waals surface area contributed by atoms with Crippen LogP contribution in [0.3, 0.4) is 0 Å². The molecule has 2 heterocycles. The van der Waals surface area contributed by atoms with E-state index in [9.17, 15) is 4.79 Å². The van der Waals surface area contributed by atoms with E-state index in [0.717, 1.165) is 79.5 Å². The molecule has 1 aliphatic carbocycles. The number of hydrogen-bond acceptors (Lipinski definition) is 7. The van der Waals surface area contributed by atoms with Gasteiger partial charge in [0.05, 0.1) is 4.88 Å². The first-order valence-electron chi connectivity index (χ1n) is 16.8. The van der Waals surface area contributed by atoms with E-state index in [-0.39, 0.29) is 12.2 Å². The summed E-state index contributed by atoms with van der Waals surface area (Å²) in [6, 6.07) is 33.2. The minimum Gasteiger partial charge on any atom is -0.490 e. The van der Waals surface area contributed by atoms with Crippen molar-refractivity contribution in [3.63, 3.8) is 0 Å². The number of hydrogen-bond donors (Lipinski definition) is 0. The fourth-order valence-corrected chi connectivity index (χ4v) is 7.63. The molecular formula is C40H41BrN2O5S. The average molecular weight is 742 g/mol. The highest BCUT2D eigenvalue weighted by Gasteiger charge is 2.37. The van der Waals surface area contributed by atoms with E-state index >= 15 is 0 Å². The van der Waals surface area contributed by atoms with Crippen molar-refractivity contribution >= 4 is 43.4 Å². The molecule has 0 N–H and O–H groups in total. The Bertz CT molecular complexity index is 1870. The van der Waals surface area contributed by atoms with Gasteiger partial charge in [-0.15, -0.1) is 11.3 Å². The molecule has 4 aromatic carbocycles. The summed E-state index contributed by atoms with van der Waals surface area (Å²) in [5.74, 6) is 3.26. The van der Waals surface area contributed by atoms with Crippen LogP contribution >= 0.6 is 27.3 Å². The van der Waals surface area contributed by atoms with E-state index in [4.69, 9.17) is 18.9 Å². The molecule has 2 aliphatic rings. The smallest absolute Gasteiger partial charge is 0.410 e. The number of ether oxygens (including phenoxy) is 4. The highest BCUT2D eigenvalue weighted by molar-refractivity contribution is 9.10. The van der Waals surface area contributed by atoms with Gasteiger partial charge >= 0.3 is 6.09 Å². The summed E-state index contributed by atoms with van der Waals surface area (Å²) in [7, 11) is 0. The van der Waals surface area contributed by atoms with Gasteiger partial charge in [-0.05, 0) is 86.5 Å². The van der Waals surface area contributed by atoms with Gasteiger partial charge < -0.3 is 23.8 Å². The molecule has 0 spiro atoms. The van der Waals surface area contributed by atoms with Crippen molar-refractivity contribution in [2.45, 2.75) is 58.0 Å². The fraction of sp³-hybridized carbons (Fsp3) is 0.325. The lowest BCUT2D eigenvalue weighted by atomic mass is 9.87. The molecule has 1 amide bonds. The number of rotatable bonds is 9. The number of amides is 1. The Morgan fingerprint density at radius 2 is 1.51 bits per heavy atom. The number of halogens is 1. The van der Waals surface area contributed by atoms with E-state index in [1.54, 1.807) is 11.3 Å². The number of thiophene rings is 1. The Hall–Kier alpha value is -4.05. The van der Waals surface area contributed by atoms with Crippen LogP contribution in [0, 0.1) is 0 Å². The number of benzene rings is 4. The molecule has 7 rings (SSSR count). The first-order valence-corrected chi connectivity index (χ1v) is 18.4. The maximum atomic E-state index is 12.4. The zero-order valence-electron chi connectivity index (χ0n) is 28.1. The molecule has 1 aromatic heterocycles. The van der Waals surface area contributed by atoms with Gasteiger partial charge in [-0.2, -0.15) is 0 Å². The van der Waals surface area contributed by atoms with Gasteiger partial charge in [0.15, 0.2) is 5.75 Å². The standard InChI is InChI=1S/C40H41BrN2O5S/c1-40(2,3)48-39(44)43-21-19-42(20-22-43)30-23-34(24-30)46-31-13-15-32(16-14-31)47-37-35-18-17-33(45-26-27-7-5-4-6-8-27)25-36(35)49-38(37)28-9-11-29(41)12-10-28/h4-18,25,30,34H,19-24,26H2,1-3H3. The second kappa shape index (κ2) is 14.4. The predicted octanol–water partition coefficient (Wildman–Crippen LogP) is 10.2. The Labute approximate surface area is 300 Å². The lowest BCUT2D eigenvalue weighted by Crippen LogP contribution is -2.57. The molecule has 0 atom stereocenters. The Morgan fingerprint density at radius 3 is 2.20 bits per heavy atom. The average Bonchev–Trinajstić information content (AvgIpc) is 3.43. The molecule has 1 saturated heterocycles. The molecule has 49 heavy (non-hydrogen) atoms. The summed E-state index contributed by atoms with van der Waals surface area (Å²) in [5.41, 5.74) is 1.76. The van der Waals surface area contributed by atoms with Crippen LogP contribution in [0.15, 0.2) is 102 Å². The Morgan fingerprint density at radius 1 is 0.837 bits per heavy atom. The van der Waals surface area contributed by atoms with Crippen LogP contribution in [0.2, 0.25) is 0 Å². The molecule has 9 heteroatoms. The minimum atomic E-state index is -0.471. The molecular weight excluding hydrogens is 700 g/mol. The summed E-state index contributed by atoms with van der Waals surface area (Å²) < 4.78 is 26.8. The lowest BCUT2D eigenvalue weighted by molar-refractivity contribution is -0.0180. The number of carbonyl (C=O) groups excluding carboxylic acids is 1. The molecule has 1 saturated carbocycles. The molecule has 0 bridgehead atoms. The number of nitrogens with zero attached hydrogens (tertiary/aromatic N) is 2. The van der Waals surface area contributed by atoms with E-state index < -0.39 is 5.60 Å². The van der Waals surface area contributed by atoms with E-state index in [1.807, 2.05) is 74.2 Å². The van der Waals surface area contributed by atoms with Crippen LogP contribution < -0.4 is 14.2 Å². The van der Waals surface area contributed by atoms with Gasteiger partial charge in [0.1, 0.15) is 35.6 Å². The SMILES string of the molecule is CC(C)(C)OC(=O)N1CCN(C2CC(Oc3ccc(Oc4c(-c5ccc(Br)cc5)sc5cc(OCc6ccccc6)ccc45)cc3)C2)CC1. The third kappa shape index (κ3) is 8.23. The quantitative estimate of drug-likeness (QED) is 0.150. The maximum Gasteiger partial charge on any atom is 0.410 e. The van der Waals surface area contributed by atoms with Crippen LogP contribution in [0.25, 0.3) is 20.5 Å². The molecule has 5 aromatic rings. The van der Waals surface area contributed by atoms with Gasteiger partial charge in [0.25, 0.3) is 0 Å². The van der Waals surface area contributed by atoms with Crippen molar-refractivity contribution in [1.29, 1.82) is 0 Å². The number of fused-ring (bicyclic) bond motifs is 1. The van der Waals surface area contributed by atoms with Crippen molar-refractivity contribution in [1.82, 2.24) is 9.80 Å². The Kier molecular flexibility index (Phi) is 9.85. The second-order valence-electron chi connectivity index (χ2n) is 13.6. The molecule has 0 radical (unpaired) electrons. The van der Waals surface area contributed by atoms with Gasteiger partial charge in [-0.25, -0.2) is 4.79 Å². The lowest BCUT2D eigenvalue weighted by Gasteiger charge is -2.46. The topological polar surface area (TPSA) is 60.5 Å². The molecule has 2 fully saturated rings. The predicted molar refractivity (Wildman–Crippen MR) is 199 cm³/mol. The van der Waals surface area contributed by atoms with Crippen molar-refractivity contribution in [3.05, 3.63) is 107 Å². The van der Waals surface area contributed by atoms with Crippen molar-refractivity contribution < 1.29 is 23.7 Å². The first-order chi connectivity index (χ1) is 23.7. The third-order valence-corrected chi connectivity index (χ3v) is 10.6. The molecule has 1 aliphatic heterocycles. The van der Waals surface area contributed by atoms with Crippen LogP contribution in [0.1, 0.15) is 39.2 Å².